The molecule has 0 fully saturated rings. The molecule has 0 radical (unpaired) electrons. The second-order valence-corrected chi connectivity index (χ2v) is 6.35. The molecule has 1 aromatic heterocycles. The molecule has 1 heterocycles. The average molecular weight is 401 g/mol. The van der Waals surface area contributed by atoms with Gasteiger partial charge in [0.2, 0.25) is 0 Å². The van der Waals surface area contributed by atoms with Gasteiger partial charge in [-0.3, -0.25) is 9.59 Å². The standard InChI is InChI=1S/C21H18F3N3O2/c1-3-27-20(29)19(25-16-11-7-10-15(12-16)21(22,23)24)17(13(2)28)18(26-27)14-8-5-4-6-9-14/h4-12,25H,3H2,1-2H3. The molecule has 1 N–H and O–H groups in total. The van der Waals surface area contributed by atoms with Crippen molar-refractivity contribution < 1.29 is 18.0 Å². The number of carbonyl (C=O) groups excluding carboxylic acids is 1. The zero-order valence-corrected chi connectivity index (χ0v) is 15.7. The molecule has 0 saturated carbocycles. The minimum Gasteiger partial charge on any atom is -0.350 e. The third kappa shape index (κ3) is 4.21. The topological polar surface area (TPSA) is 64.0 Å². The first kappa shape index (κ1) is 20.3. The quantitative estimate of drug-likeness (QED) is 0.618. The third-order valence-electron chi connectivity index (χ3n) is 4.31. The normalized spacial score (nSPS) is 11.3. The van der Waals surface area contributed by atoms with Gasteiger partial charge in [0.25, 0.3) is 5.56 Å². The van der Waals surface area contributed by atoms with Gasteiger partial charge in [-0.25, -0.2) is 4.68 Å². The van der Waals surface area contributed by atoms with E-state index in [2.05, 4.69) is 10.4 Å². The highest BCUT2D eigenvalue weighted by molar-refractivity contribution is 6.05. The molecule has 0 saturated heterocycles. The van der Waals surface area contributed by atoms with Crippen molar-refractivity contribution in [2.45, 2.75) is 26.6 Å². The van der Waals surface area contributed by atoms with E-state index in [1.165, 1.54) is 23.7 Å². The van der Waals surface area contributed by atoms with Crippen LogP contribution in [0.25, 0.3) is 11.3 Å². The molecule has 150 valence electrons. The molecule has 29 heavy (non-hydrogen) atoms. The summed E-state index contributed by atoms with van der Waals surface area (Å²) in [4.78, 5) is 25.3. The molecular formula is C21H18F3N3O2. The number of Topliss-reactive ketones (excluding diaryl/α,β-unsaturated/α-hetero) is 1. The van der Waals surface area contributed by atoms with Gasteiger partial charge in [-0.2, -0.15) is 18.3 Å². The highest BCUT2D eigenvalue weighted by atomic mass is 19.4. The van der Waals surface area contributed by atoms with Crippen molar-refractivity contribution in [2.24, 2.45) is 0 Å². The zero-order chi connectivity index (χ0) is 21.2. The lowest BCUT2D eigenvalue weighted by molar-refractivity contribution is -0.137. The van der Waals surface area contributed by atoms with Crippen LogP contribution in [0.4, 0.5) is 24.5 Å². The van der Waals surface area contributed by atoms with Crippen LogP contribution in [0.15, 0.2) is 59.4 Å². The minimum absolute atomic E-state index is 0.0308. The molecule has 0 bridgehead atoms. The summed E-state index contributed by atoms with van der Waals surface area (Å²) < 4.78 is 40.3. The lowest BCUT2D eigenvalue weighted by atomic mass is 10.0. The smallest absolute Gasteiger partial charge is 0.350 e. The maximum atomic E-state index is 13.0. The van der Waals surface area contributed by atoms with E-state index in [0.29, 0.717) is 5.56 Å². The highest BCUT2D eigenvalue weighted by Gasteiger charge is 2.30. The van der Waals surface area contributed by atoms with E-state index >= 15 is 0 Å². The van der Waals surface area contributed by atoms with Crippen molar-refractivity contribution in [2.75, 3.05) is 5.32 Å². The molecular weight excluding hydrogens is 383 g/mol. The van der Waals surface area contributed by atoms with Crippen LogP contribution in [0, 0.1) is 0 Å². The fourth-order valence-electron chi connectivity index (χ4n) is 2.96. The second-order valence-electron chi connectivity index (χ2n) is 6.35. The number of hydrogen-bond donors (Lipinski definition) is 1. The Labute approximate surface area is 164 Å². The van der Waals surface area contributed by atoms with Gasteiger partial charge >= 0.3 is 6.18 Å². The zero-order valence-electron chi connectivity index (χ0n) is 15.7. The fourth-order valence-corrected chi connectivity index (χ4v) is 2.96. The number of nitrogens with zero attached hydrogens (tertiary/aromatic N) is 2. The van der Waals surface area contributed by atoms with Gasteiger partial charge in [0.15, 0.2) is 5.78 Å². The summed E-state index contributed by atoms with van der Waals surface area (Å²) in [5.74, 6) is -0.425. The summed E-state index contributed by atoms with van der Waals surface area (Å²) in [5, 5.41) is 7.03. The summed E-state index contributed by atoms with van der Waals surface area (Å²) in [6.45, 7) is 3.23. The van der Waals surface area contributed by atoms with E-state index in [1.54, 1.807) is 37.3 Å². The summed E-state index contributed by atoms with van der Waals surface area (Å²) in [5.41, 5.74) is -0.570. The molecule has 0 aliphatic carbocycles. The van der Waals surface area contributed by atoms with E-state index in [-0.39, 0.29) is 29.2 Å². The Balaban J connectivity index is 2.23. The predicted molar refractivity (Wildman–Crippen MR) is 104 cm³/mol. The molecule has 3 aromatic rings. The molecule has 0 aliphatic rings. The van der Waals surface area contributed by atoms with Gasteiger partial charge in [-0.1, -0.05) is 36.4 Å². The number of nitrogens with one attached hydrogen (secondary N) is 1. The van der Waals surface area contributed by atoms with Crippen LogP contribution >= 0.6 is 0 Å². The van der Waals surface area contributed by atoms with E-state index < -0.39 is 23.1 Å². The second kappa shape index (κ2) is 7.90. The number of anilines is 2. The van der Waals surface area contributed by atoms with Crippen molar-refractivity contribution in [3.05, 3.63) is 76.1 Å². The van der Waals surface area contributed by atoms with Gasteiger partial charge in [-0.15, -0.1) is 0 Å². The van der Waals surface area contributed by atoms with Gasteiger partial charge < -0.3 is 5.32 Å². The van der Waals surface area contributed by atoms with E-state index in [9.17, 15) is 22.8 Å². The predicted octanol–water partition coefficient (Wildman–Crippen LogP) is 4.90. The van der Waals surface area contributed by atoms with Gasteiger partial charge in [0.1, 0.15) is 11.4 Å². The molecule has 8 heteroatoms. The van der Waals surface area contributed by atoms with Crippen LogP contribution in [0.3, 0.4) is 0 Å². The van der Waals surface area contributed by atoms with Crippen molar-refractivity contribution in [1.82, 2.24) is 9.78 Å². The molecule has 0 amide bonds. The van der Waals surface area contributed by atoms with Gasteiger partial charge in [0, 0.05) is 17.8 Å². The fraction of sp³-hybridized carbons (Fsp3) is 0.190. The first-order valence-corrected chi connectivity index (χ1v) is 8.88. The molecule has 0 atom stereocenters. The summed E-state index contributed by atoms with van der Waals surface area (Å²) in [6.07, 6.45) is -4.53. The number of ketones is 1. The van der Waals surface area contributed by atoms with Crippen molar-refractivity contribution in [3.63, 3.8) is 0 Å². The molecule has 2 aromatic carbocycles. The Bertz CT molecular complexity index is 1110. The molecule has 5 nitrogen and oxygen atoms in total. The van der Waals surface area contributed by atoms with Crippen LogP contribution in [-0.2, 0) is 12.7 Å². The van der Waals surface area contributed by atoms with Crippen molar-refractivity contribution >= 4 is 17.2 Å². The number of aromatic nitrogens is 2. The van der Waals surface area contributed by atoms with Crippen LogP contribution < -0.4 is 10.9 Å². The Morgan fingerprint density at radius 2 is 1.79 bits per heavy atom. The number of carbonyl (C=O) groups is 1. The molecule has 3 rings (SSSR count). The molecule has 0 unspecified atom stereocenters. The molecule has 0 aliphatic heterocycles. The van der Waals surface area contributed by atoms with Crippen LogP contribution in [0.1, 0.15) is 29.8 Å². The average Bonchev–Trinajstić information content (AvgIpc) is 2.69. The minimum atomic E-state index is -4.53. The Kier molecular flexibility index (Phi) is 5.54. The third-order valence-corrected chi connectivity index (χ3v) is 4.31. The first-order chi connectivity index (χ1) is 13.7. The van der Waals surface area contributed by atoms with Gasteiger partial charge in [0.05, 0.1) is 11.1 Å². The Morgan fingerprint density at radius 3 is 2.38 bits per heavy atom. The monoisotopic (exact) mass is 401 g/mol. The van der Waals surface area contributed by atoms with E-state index in [4.69, 9.17) is 0 Å². The first-order valence-electron chi connectivity index (χ1n) is 8.88. The Morgan fingerprint density at radius 1 is 1.10 bits per heavy atom. The van der Waals surface area contributed by atoms with Crippen molar-refractivity contribution in [3.8, 4) is 11.3 Å². The van der Waals surface area contributed by atoms with Crippen LogP contribution in [0.5, 0.6) is 0 Å². The molecule has 0 spiro atoms. The number of rotatable bonds is 5. The van der Waals surface area contributed by atoms with Crippen LogP contribution in [0.2, 0.25) is 0 Å². The van der Waals surface area contributed by atoms with E-state index in [0.717, 1.165) is 12.1 Å². The lowest BCUT2D eigenvalue weighted by Crippen LogP contribution is -2.28. The van der Waals surface area contributed by atoms with Crippen molar-refractivity contribution in [1.29, 1.82) is 0 Å². The SMILES string of the molecule is CCn1nc(-c2ccccc2)c(C(C)=O)c(Nc2cccc(C(F)(F)F)c2)c1=O. The number of hydrogen-bond acceptors (Lipinski definition) is 4. The summed E-state index contributed by atoms with van der Waals surface area (Å²) >= 11 is 0. The summed E-state index contributed by atoms with van der Waals surface area (Å²) in [6, 6.07) is 13.3. The lowest BCUT2D eigenvalue weighted by Gasteiger charge is -2.17. The largest absolute Gasteiger partial charge is 0.416 e. The number of halogens is 3. The Hall–Kier alpha value is -3.42. The maximum absolute atomic E-state index is 13.0. The van der Waals surface area contributed by atoms with Gasteiger partial charge in [-0.05, 0) is 32.0 Å². The maximum Gasteiger partial charge on any atom is 0.416 e. The number of aryl methyl sites for hydroxylation is 1. The van der Waals surface area contributed by atoms with E-state index in [1.807, 2.05) is 0 Å². The van der Waals surface area contributed by atoms with Crippen LogP contribution in [-0.4, -0.2) is 15.6 Å². The summed E-state index contributed by atoms with van der Waals surface area (Å²) in [7, 11) is 0. The highest BCUT2D eigenvalue weighted by Crippen LogP contribution is 2.32. The number of alkyl halides is 3. The number of benzene rings is 2.